The minimum Gasteiger partial charge on any atom is -0.480 e. The van der Waals surface area contributed by atoms with Crippen molar-refractivity contribution < 1.29 is 24.3 Å². The Morgan fingerprint density at radius 3 is 2.44 bits per heavy atom. The van der Waals surface area contributed by atoms with E-state index in [4.69, 9.17) is 11.5 Å². The average Bonchev–Trinajstić information content (AvgIpc) is 3.00. The molecule has 3 amide bonds. The lowest BCUT2D eigenvalue weighted by molar-refractivity contribution is -0.142. The number of carbonyl (C=O) groups is 4. The number of nitrogens with two attached hydrogens (primary N) is 2. The van der Waals surface area contributed by atoms with Crippen LogP contribution in [0.5, 0.6) is 0 Å². The van der Waals surface area contributed by atoms with Crippen LogP contribution in [0.3, 0.4) is 0 Å². The lowest BCUT2D eigenvalue weighted by atomic mass is 10.0. The van der Waals surface area contributed by atoms with Gasteiger partial charge in [0.15, 0.2) is 5.96 Å². The SMILES string of the molecule is CC(C)C(NC(=O)C1CCC(=O)N1)C(=O)NC(CCCN=C(N)N)C(=O)O. The molecule has 0 aromatic carbocycles. The Hall–Kier alpha value is -2.85. The van der Waals surface area contributed by atoms with Crippen molar-refractivity contribution in [1.29, 1.82) is 0 Å². The highest BCUT2D eigenvalue weighted by Crippen LogP contribution is 2.09. The zero-order valence-corrected chi connectivity index (χ0v) is 15.5. The van der Waals surface area contributed by atoms with Crippen LogP contribution in [0.2, 0.25) is 0 Å². The predicted molar refractivity (Wildman–Crippen MR) is 97.4 cm³/mol. The normalized spacial score (nSPS) is 18.3. The smallest absolute Gasteiger partial charge is 0.326 e. The molecule has 11 heteroatoms. The number of aliphatic imine (C=N–C) groups is 1. The predicted octanol–water partition coefficient (Wildman–Crippen LogP) is -1.97. The van der Waals surface area contributed by atoms with E-state index in [1.165, 1.54) is 0 Å². The van der Waals surface area contributed by atoms with E-state index in [0.717, 1.165) is 0 Å². The maximum atomic E-state index is 12.5. The molecule has 0 saturated carbocycles. The van der Waals surface area contributed by atoms with Gasteiger partial charge in [-0.05, 0) is 25.2 Å². The van der Waals surface area contributed by atoms with Crippen LogP contribution < -0.4 is 27.4 Å². The third-order valence-electron chi connectivity index (χ3n) is 4.12. The van der Waals surface area contributed by atoms with Gasteiger partial charge in [-0.1, -0.05) is 13.8 Å². The molecular formula is C16H28N6O5. The molecule has 3 unspecified atom stereocenters. The van der Waals surface area contributed by atoms with E-state index in [-0.39, 0.29) is 37.2 Å². The number of carbonyl (C=O) groups excluding carboxylic acids is 3. The monoisotopic (exact) mass is 384 g/mol. The Bertz CT molecular complexity index is 602. The molecule has 0 spiro atoms. The first-order valence-corrected chi connectivity index (χ1v) is 8.80. The summed E-state index contributed by atoms with van der Waals surface area (Å²) in [4.78, 5) is 51.1. The topological polar surface area (TPSA) is 189 Å². The molecule has 0 aromatic heterocycles. The van der Waals surface area contributed by atoms with Gasteiger partial charge in [0, 0.05) is 13.0 Å². The van der Waals surface area contributed by atoms with Gasteiger partial charge in [-0.3, -0.25) is 19.4 Å². The van der Waals surface area contributed by atoms with Crippen molar-refractivity contribution >= 4 is 29.7 Å². The van der Waals surface area contributed by atoms with E-state index in [0.29, 0.717) is 12.8 Å². The summed E-state index contributed by atoms with van der Waals surface area (Å²) in [5.41, 5.74) is 10.4. The molecule has 1 fully saturated rings. The summed E-state index contributed by atoms with van der Waals surface area (Å²) < 4.78 is 0. The van der Waals surface area contributed by atoms with Gasteiger partial charge in [0.25, 0.3) is 0 Å². The molecule has 0 bridgehead atoms. The van der Waals surface area contributed by atoms with Crippen LogP contribution in [0.15, 0.2) is 4.99 Å². The molecule has 0 aromatic rings. The Balaban J connectivity index is 2.65. The molecule has 1 rings (SSSR count). The van der Waals surface area contributed by atoms with E-state index in [1.807, 2.05) is 0 Å². The fourth-order valence-corrected chi connectivity index (χ4v) is 2.62. The van der Waals surface area contributed by atoms with Gasteiger partial charge in [0.1, 0.15) is 18.1 Å². The van der Waals surface area contributed by atoms with Crippen LogP contribution in [0, 0.1) is 5.92 Å². The Kier molecular flexibility index (Phi) is 8.49. The molecule has 11 nitrogen and oxygen atoms in total. The lowest BCUT2D eigenvalue weighted by Gasteiger charge is -2.25. The summed E-state index contributed by atoms with van der Waals surface area (Å²) in [6.45, 7) is 3.70. The summed E-state index contributed by atoms with van der Waals surface area (Å²) in [6, 6.07) is -2.73. The number of hydrogen-bond donors (Lipinski definition) is 6. The highest BCUT2D eigenvalue weighted by atomic mass is 16.4. The number of rotatable bonds is 10. The Labute approximate surface area is 157 Å². The van der Waals surface area contributed by atoms with Crippen molar-refractivity contribution in [2.24, 2.45) is 22.4 Å². The maximum Gasteiger partial charge on any atom is 0.326 e. The zero-order valence-electron chi connectivity index (χ0n) is 15.5. The second kappa shape index (κ2) is 10.3. The first kappa shape index (κ1) is 22.2. The lowest BCUT2D eigenvalue weighted by Crippen LogP contribution is -2.56. The van der Waals surface area contributed by atoms with Crippen LogP contribution in [0.1, 0.15) is 39.5 Å². The van der Waals surface area contributed by atoms with E-state index in [1.54, 1.807) is 13.8 Å². The summed E-state index contributed by atoms with van der Waals surface area (Å²) in [6.07, 6.45) is 1.12. The number of hydrogen-bond acceptors (Lipinski definition) is 5. The summed E-state index contributed by atoms with van der Waals surface area (Å²) in [5.74, 6) is -2.83. The van der Waals surface area contributed by atoms with Crippen molar-refractivity contribution in [2.45, 2.75) is 57.7 Å². The van der Waals surface area contributed by atoms with Crippen molar-refractivity contribution in [1.82, 2.24) is 16.0 Å². The van der Waals surface area contributed by atoms with Gasteiger partial charge in [0.2, 0.25) is 17.7 Å². The van der Waals surface area contributed by atoms with Crippen LogP contribution in [0.4, 0.5) is 0 Å². The molecule has 3 atom stereocenters. The molecule has 1 aliphatic heterocycles. The fraction of sp³-hybridized carbons (Fsp3) is 0.688. The highest BCUT2D eigenvalue weighted by molar-refractivity contribution is 5.95. The van der Waals surface area contributed by atoms with E-state index in [2.05, 4.69) is 20.9 Å². The summed E-state index contributed by atoms with van der Waals surface area (Å²) >= 11 is 0. The van der Waals surface area contributed by atoms with E-state index >= 15 is 0 Å². The second-order valence-electron chi connectivity index (χ2n) is 6.74. The molecule has 0 radical (unpaired) electrons. The number of carboxylic acids is 1. The van der Waals surface area contributed by atoms with Gasteiger partial charge in [0.05, 0.1) is 0 Å². The first-order valence-electron chi connectivity index (χ1n) is 8.80. The van der Waals surface area contributed by atoms with Crippen LogP contribution >= 0.6 is 0 Å². The third kappa shape index (κ3) is 7.50. The van der Waals surface area contributed by atoms with Gasteiger partial charge >= 0.3 is 5.97 Å². The van der Waals surface area contributed by atoms with Crippen LogP contribution in [0.25, 0.3) is 0 Å². The van der Waals surface area contributed by atoms with Crippen molar-refractivity contribution in [3.63, 3.8) is 0 Å². The number of aliphatic carboxylic acids is 1. The number of nitrogens with zero attached hydrogens (tertiary/aromatic N) is 1. The molecule has 1 aliphatic rings. The second-order valence-corrected chi connectivity index (χ2v) is 6.74. The quantitative estimate of drug-likeness (QED) is 0.143. The standard InChI is InChI=1S/C16H28N6O5/c1-8(2)12(22-13(24)9-5-6-11(23)20-9)14(25)21-10(15(26)27)4-3-7-19-16(17)18/h8-10,12H,3-7H2,1-2H3,(H,20,23)(H,21,25)(H,22,24)(H,26,27)(H4,17,18,19). The van der Waals surface area contributed by atoms with Crippen LogP contribution in [-0.4, -0.2) is 59.4 Å². The molecule has 152 valence electrons. The molecular weight excluding hydrogens is 356 g/mol. The minimum absolute atomic E-state index is 0.0903. The number of guanidine groups is 1. The minimum atomic E-state index is -1.19. The molecule has 1 saturated heterocycles. The van der Waals surface area contributed by atoms with Gasteiger partial charge in [-0.2, -0.15) is 0 Å². The van der Waals surface area contributed by atoms with Crippen LogP contribution in [-0.2, 0) is 19.2 Å². The molecule has 27 heavy (non-hydrogen) atoms. The number of carboxylic acid groups (broad SMARTS) is 1. The Morgan fingerprint density at radius 2 is 1.96 bits per heavy atom. The molecule has 1 heterocycles. The van der Waals surface area contributed by atoms with Gasteiger partial charge < -0.3 is 32.5 Å². The Morgan fingerprint density at radius 1 is 1.30 bits per heavy atom. The summed E-state index contributed by atoms with van der Waals surface area (Å²) in [5, 5.41) is 16.9. The molecule has 8 N–H and O–H groups in total. The largest absolute Gasteiger partial charge is 0.480 e. The summed E-state index contributed by atoms with van der Waals surface area (Å²) in [7, 11) is 0. The van der Waals surface area contributed by atoms with E-state index < -0.39 is 35.9 Å². The van der Waals surface area contributed by atoms with E-state index in [9.17, 15) is 24.3 Å². The highest BCUT2D eigenvalue weighted by Gasteiger charge is 2.33. The maximum absolute atomic E-state index is 12.5. The van der Waals surface area contributed by atoms with Crippen molar-refractivity contribution in [3.05, 3.63) is 0 Å². The fourth-order valence-electron chi connectivity index (χ4n) is 2.62. The van der Waals surface area contributed by atoms with Gasteiger partial charge in [-0.25, -0.2) is 4.79 Å². The first-order chi connectivity index (χ1) is 12.6. The number of nitrogens with one attached hydrogen (secondary N) is 3. The third-order valence-corrected chi connectivity index (χ3v) is 4.12. The van der Waals surface area contributed by atoms with Crippen molar-refractivity contribution in [2.75, 3.05) is 6.54 Å². The number of amides is 3. The van der Waals surface area contributed by atoms with Gasteiger partial charge in [-0.15, -0.1) is 0 Å². The zero-order chi connectivity index (χ0) is 20.6. The van der Waals surface area contributed by atoms with Crippen molar-refractivity contribution in [3.8, 4) is 0 Å². The molecule has 0 aliphatic carbocycles. The average molecular weight is 384 g/mol.